The van der Waals surface area contributed by atoms with E-state index >= 15 is 0 Å². The van der Waals surface area contributed by atoms with E-state index in [0.717, 1.165) is 0 Å². The van der Waals surface area contributed by atoms with Crippen LogP contribution >= 0.6 is 0 Å². The van der Waals surface area contributed by atoms with Gasteiger partial charge in [0.05, 0.1) is 0 Å². The fraction of sp³-hybridized carbons (Fsp3) is 0.778. The molecule has 0 aliphatic heterocycles. The molecule has 0 amide bonds. The molecule has 0 aromatic heterocycles. The number of nitrogens with zero attached hydrogens (tertiary/aromatic N) is 1. The molecule has 0 bridgehead atoms. The Morgan fingerprint density at radius 3 is 2.08 bits per heavy atom. The van der Waals surface area contributed by atoms with Crippen LogP contribution in [0.5, 0.6) is 0 Å². The summed E-state index contributed by atoms with van der Waals surface area (Å²) < 4.78 is 5.31. The van der Waals surface area contributed by atoms with E-state index in [-0.39, 0.29) is 5.78 Å². The zero-order valence-corrected chi connectivity index (χ0v) is 10.2. The summed E-state index contributed by atoms with van der Waals surface area (Å²) in [6, 6.07) is 0. The van der Waals surface area contributed by atoms with Crippen molar-refractivity contribution in [3.8, 4) is 0 Å². The molecule has 4 heteroatoms. The quantitative estimate of drug-likeness (QED) is 0.389. The molecule has 3 nitrogen and oxygen atoms in total. The van der Waals surface area contributed by atoms with Gasteiger partial charge in [0, 0.05) is 6.42 Å². The Balaban J connectivity index is 4.32. The summed E-state index contributed by atoms with van der Waals surface area (Å²) in [4.78, 5) is 11.3. The maximum atomic E-state index is 11.3. The number of hydrogen-bond acceptors (Lipinski definition) is 3. The van der Waals surface area contributed by atoms with E-state index in [2.05, 4.69) is 5.16 Å². The standard InChI is InChI=1S/C9H19NO2Si/c1-6-8(9(11)7-2)10-12-13(3,4)5/h6-7H2,1-5H3. The van der Waals surface area contributed by atoms with Crippen LogP contribution in [0.15, 0.2) is 5.16 Å². The molecule has 0 fully saturated rings. The Kier molecular flexibility index (Phi) is 4.91. The fourth-order valence-corrected chi connectivity index (χ4v) is 1.09. The average Bonchev–Trinajstić information content (AvgIpc) is 2.03. The van der Waals surface area contributed by atoms with Crippen molar-refractivity contribution in [2.75, 3.05) is 0 Å². The van der Waals surface area contributed by atoms with Gasteiger partial charge >= 0.3 is 0 Å². The number of carbonyl (C=O) groups excluding carboxylic acids is 1. The van der Waals surface area contributed by atoms with Crippen LogP contribution in [0.3, 0.4) is 0 Å². The van der Waals surface area contributed by atoms with Crippen LogP contribution < -0.4 is 0 Å². The molecule has 0 N–H and O–H groups in total. The predicted molar refractivity (Wildman–Crippen MR) is 57.5 cm³/mol. The van der Waals surface area contributed by atoms with E-state index < -0.39 is 8.32 Å². The summed E-state index contributed by atoms with van der Waals surface area (Å²) in [5.74, 6) is 0.0840. The second-order valence-corrected chi connectivity index (χ2v) is 8.28. The molecule has 0 spiro atoms. The predicted octanol–water partition coefficient (Wildman–Crippen LogP) is 2.58. The summed E-state index contributed by atoms with van der Waals surface area (Å²) in [6.45, 7) is 9.88. The first-order chi connectivity index (χ1) is 5.90. The molecule has 0 atom stereocenters. The highest BCUT2D eigenvalue weighted by atomic mass is 28.4. The van der Waals surface area contributed by atoms with Crippen LogP contribution in [0.25, 0.3) is 0 Å². The van der Waals surface area contributed by atoms with E-state index in [1.54, 1.807) is 0 Å². The molecule has 0 aliphatic rings. The zero-order chi connectivity index (χ0) is 10.5. The van der Waals surface area contributed by atoms with E-state index in [4.69, 9.17) is 4.53 Å². The van der Waals surface area contributed by atoms with Gasteiger partial charge in [0.15, 0.2) is 5.78 Å². The number of rotatable bonds is 5. The number of ketones is 1. The Labute approximate surface area is 81.3 Å². The minimum absolute atomic E-state index is 0.0840. The minimum Gasteiger partial charge on any atom is -0.455 e. The van der Waals surface area contributed by atoms with Gasteiger partial charge in [0.2, 0.25) is 0 Å². The molecular weight excluding hydrogens is 182 g/mol. The summed E-state index contributed by atoms with van der Waals surface area (Å²) in [5, 5.41) is 3.91. The Morgan fingerprint density at radius 1 is 1.23 bits per heavy atom. The molecule has 13 heavy (non-hydrogen) atoms. The molecule has 0 aromatic carbocycles. The zero-order valence-electron chi connectivity index (χ0n) is 9.18. The maximum Gasteiger partial charge on any atom is 0.278 e. The third kappa shape index (κ3) is 5.57. The van der Waals surface area contributed by atoms with Crippen molar-refractivity contribution in [1.29, 1.82) is 0 Å². The van der Waals surface area contributed by atoms with Crippen molar-refractivity contribution in [3.05, 3.63) is 0 Å². The number of hydrogen-bond donors (Lipinski definition) is 0. The lowest BCUT2D eigenvalue weighted by Gasteiger charge is -2.13. The fourth-order valence-electron chi connectivity index (χ4n) is 0.709. The maximum absolute atomic E-state index is 11.3. The molecule has 0 aromatic rings. The second kappa shape index (κ2) is 5.17. The first kappa shape index (κ1) is 12.4. The second-order valence-electron chi connectivity index (χ2n) is 3.87. The number of carbonyl (C=O) groups is 1. The Hall–Kier alpha value is -0.643. The van der Waals surface area contributed by atoms with Gasteiger partial charge in [-0.2, -0.15) is 0 Å². The Morgan fingerprint density at radius 2 is 1.77 bits per heavy atom. The summed E-state index contributed by atoms with van der Waals surface area (Å²) in [7, 11) is -1.63. The van der Waals surface area contributed by atoms with Gasteiger partial charge in [-0.05, 0) is 26.1 Å². The third-order valence-corrected chi connectivity index (χ3v) is 2.05. The van der Waals surface area contributed by atoms with E-state index in [1.807, 2.05) is 33.5 Å². The first-order valence-electron chi connectivity index (χ1n) is 4.69. The summed E-state index contributed by atoms with van der Waals surface area (Å²) >= 11 is 0. The van der Waals surface area contributed by atoms with Crippen LogP contribution in [0.4, 0.5) is 0 Å². The number of oxime groups is 1. The van der Waals surface area contributed by atoms with Gasteiger partial charge < -0.3 is 4.53 Å². The lowest BCUT2D eigenvalue weighted by Crippen LogP contribution is -2.24. The topological polar surface area (TPSA) is 38.7 Å². The van der Waals surface area contributed by atoms with E-state index in [0.29, 0.717) is 18.6 Å². The highest BCUT2D eigenvalue weighted by Crippen LogP contribution is 2.04. The molecule has 0 saturated carbocycles. The molecule has 0 heterocycles. The van der Waals surface area contributed by atoms with Crippen molar-refractivity contribution < 1.29 is 9.32 Å². The van der Waals surface area contributed by atoms with Crippen molar-refractivity contribution in [2.45, 2.75) is 46.3 Å². The van der Waals surface area contributed by atoms with Gasteiger partial charge in [-0.3, -0.25) is 4.79 Å². The highest BCUT2D eigenvalue weighted by molar-refractivity contribution is 6.69. The SMILES string of the molecule is CCC(=O)C(CC)=NO[Si](C)(C)C. The van der Waals surface area contributed by atoms with Gasteiger partial charge in [-0.1, -0.05) is 13.8 Å². The van der Waals surface area contributed by atoms with Crippen molar-refractivity contribution in [1.82, 2.24) is 0 Å². The van der Waals surface area contributed by atoms with Gasteiger partial charge in [-0.15, -0.1) is 5.16 Å². The highest BCUT2D eigenvalue weighted by Gasteiger charge is 2.17. The van der Waals surface area contributed by atoms with Crippen LogP contribution in [0, 0.1) is 0 Å². The largest absolute Gasteiger partial charge is 0.455 e. The van der Waals surface area contributed by atoms with Gasteiger partial charge in [0.25, 0.3) is 8.32 Å². The molecule has 0 rings (SSSR count). The lowest BCUT2D eigenvalue weighted by molar-refractivity contribution is -0.112. The van der Waals surface area contributed by atoms with E-state index in [1.165, 1.54) is 0 Å². The molecule has 0 unspecified atom stereocenters. The van der Waals surface area contributed by atoms with Crippen molar-refractivity contribution >= 4 is 19.8 Å². The Bertz CT molecular complexity index is 206. The van der Waals surface area contributed by atoms with Gasteiger partial charge in [-0.25, -0.2) is 0 Å². The molecule has 0 saturated heterocycles. The van der Waals surface area contributed by atoms with Gasteiger partial charge in [0.1, 0.15) is 5.71 Å². The van der Waals surface area contributed by atoms with Crippen LogP contribution in [0.2, 0.25) is 19.6 Å². The molecular formula is C9H19NO2Si. The normalized spacial score (nSPS) is 12.8. The van der Waals surface area contributed by atoms with Crippen molar-refractivity contribution in [3.63, 3.8) is 0 Å². The monoisotopic (exact) mass is 201 g/mol. The lowest BCUT2D eigenvalue weighted by atomic mass is 10.1. The first-order valence-corrected chi connectivity index (χ1v) is 8.09. The molecule has 0 aliphatic carbocycles. The molecule has 0 radical (unpaired) electrons. The third-order valence-electron chi connectivity index (χ3n) is 1.41. The average molecular weight is 201 g/mol. The molecule has 76 valence electrons. The minimum atomic E-state index is -1.63. The smallest absolute Gasteiger partial charge is 0.278 e. The van der Waals surface area contributed by atoms with Crippen LogP contribution in [-0.4, -0.2) is 19.8 Å². The van der Waals surface area contributed by atoms with Crippen molar-refractivity contribution in [2.24, 2.45) is 5.16 Å². The number of Topliss-reactive ketones (excluding diaryl/α,β-unsaturated/α-hetero) is 1. The summed E-state index contributed by atoms with van der Waals surface area (Å²) in [5.41, 5.74) is 0.560. The van der Waals surface area contributed by atoms with Crippen LogP contribution in [0.1, 0.15) is 26.7 Å². The van der Waals surface area contributed by atoms with E-state index in [9.17, 15) is 4.79 Å². The summed E-state index contributed by atoms with van der Waals surface area (Å²) in [6.07, 6.45) is 1.15. The van der Waals surface area contributed by atoms with Crippen LogP contribution in [-0.2, 0) is 9.32 Å².